The summed E-state index contributed by atoms with van der Waals surface area (Å²) in [5.41, 5.74) is -0.0266. The van der Waals surface area contributed by atoms with Gasteiger partial charge in [0.1, 0.15) is 10.8 Å². The van der Waals surface area contributed by atoms with Gasteiger partial charge in [0, 0.05) is 5.41 Å². The summed E-state index contributed by atoms with van der Waals surface area (Å²) in [5, 5.41) is 12.3. The molecule has 0 saturated heterocycles. The van der Waals surface area contributed by atoms with Gasteiger partial charge in [-0.1, -0.05) is 50.3 Å². The van der Waals surface area contributed by atoms with Gasteiger partial charge in [0.2, 0.25) is 5.13 Å². The molecule has 1 N–H and O–H groups in total. The third-order valence-electron chi connectivity index (χ3n) is 3.25. The topological polar surface area (TPSA) is 64.1 Å². The highest BCUT2D eigenvalue weighted by molar-refractivity contribution is 7.15. The number of ether oxygens (including phenoxy) is 1. The highest BCUT2D eigenvalue weighted by Gasteiger charge is 2.23. The summed E-state index contributed by atoms with van der Waals surface area (Å²) in [4.78, 5) is 11.8. The first kappa shape index (κ1) is 15.4. The number of amides is 1. The number of nitrogens with zero attached hydrogens (tertiary/aromatic N) is 2. The van der Waals surface area contributed by atoms with Gasteiger partial charge in [0.15, 0.2) is 6.61 Å². The Labute approximate surface area is 128 Å². The molecule has 2 rings (SSSR count). The van der Waals surface area contributed by atoms with E-state index in [0.29, 0.717) is 10.9 Å². The van der Waals surface area contributed by atoms with E-state index in [-0.39, 0.29) is 17.9 Å². The number of carbonyl (C=O) groups is 1. The fourth-order valence-corrected chi connectivity index (χ4v) is 2.45. The van der Waals surface area contributed by atoms with Gasteiger partial charge >= 0.3 is 0 Å². The molecule has 0 aliphatic heterocycles. The van der Waals surface area contributed by atoms with E-state index >= 15 is 0 Å². The quantitative estimate of drug-likeness (QED) is 0.890. The molecule has 0 atom stereocenters. The van der Waals surface area contributed by atoms with E-state index in [1.807, 2.05) is 18.2 Å². The highest BCUT2D eigenvalue weighted by Crippen LogP contribution is 2.30. The molecule has 2 aromatic rings. The van der Waals surface area contributed by atoms with Crippen LogP contribution >= 0.6 is 11.3 Å². The van der Waals surface area contributed by atoms with Gasteiger partial charge < -0.3 is 4.74 Å². The van der Waals surface area contributed by atoms with E-state index in [1.54, 1.807) is 12.1 Å². The molecule has 0 saturated carbocycles. The van der Waals surface area contributed by atoms with Gasteiger partial charge in [-0.05, 0) is 18.6 Å². The van der Waals surface area contributed by atoms with Crippen molar-refractivity contribution in [1.29, 1.82) is 0 Å². The zero-order valence-corrected chi connectivity index (χ0v) is 13.2. The van der Waals surface area contributed by atoms with E-state index in [1.165, 1.54) is 11.3 Å². The summed E-state index contributed by atoms with van der Waals surface area (Å²) >= 11 is 1.40. The minimum Gasteiger partial charge on any atom is -0.484 e. The fourth-order valence-electron chi connectivity index (χ4n) is 1.52. The van der Waals surface area contributed by atoms with E-state index in [9.17, 15) is 4.79 Å². The van der Waals surface area contributed by atoms with Crippen LogP contribution in [0.5, 0.6) is 5.75 Å². The molecule has 112 valence electrons. The molecule has 5 nitrogen and oxygen atoms in total. The zero-order valence-electron chi connectivity index (χ0n) is 12.4. The number of hydrogen-bond acceptors (Lipinski definition) is 5. The smallest absolute Gasteiger partial charge is 0.264 e. The Balaban J connectivity index is 1.89. The molecule has 6 heteroatoms. The SMILES string of the molecule is CCC(C)(C)c1nnc(NC(=O)COc2ccccc2)s1. The second-order valence-corrected chi connectivity index (χ2v) is 6.28. The van der Waals surface area contributed by atoms with Gasteiger partial charge in [-0.2, -0.15) is 0 Å². The first-order valence-corrected chi connectivity index (χ1v) is 7.64. The van der Waals surface area contributed by atoms with Crippen molar-refractivity contribution in [3.05, 3.63) is 35.3 Å². The molecular weight excluding hydrogens is 286 g/mol. The second-order valence-electron chi connectivity index (χ2n) is 5.30. The van der Waals surface area contributed by atoms with Crippen LogP contribution in [0.15, 0.2) is 30.3 Å². The molecule has 21 heavy (non-hydrogen) atoms. The number of hydrogen-bond donors (Lipinski definition) is 1. The minimum atomic E-state index is -0.240. The summed E-state index contributed by atoms with van der Waals surface area (Å²) in [7, 11) is 0. The van der Waals surface area contributed by atoms with Gasteiger partial charge in [0.05, 0.1) is 0 Å². The largest absolute Gasteiger partial charge is 0.484 e. The average molecular weight is 305 g/mol. The first-order chi connectivity index (χ1) is 10.0. The van der Waals surface area contributed by atoms with Crippen LogP contribution in [0, 0.1) is 0 Å². The Morgan fingerprint density at radius 2 is 2.00 bits per heavy atom. The molecular formula is C15H19N3O2S. The summed E-state index contributed by atoms with van der Waals surface area (Å²) in [6.45, 7) is 6.28. The van der Waals surface area contributed by atoms with Crippen LogP contribution < -0.4 is 10.1 Å². The summed E-state index contributed by atoms with van der Waals surface area (Å²) in [5.74, 6) is 0.425. The molecule has 1 aromatic heterocycles. The van der Waals surface area contributed by atoms with E-state index < -0.39 is 0 Å². The number of benzene rings is 1. The molecule has 0 unspecified atom stereocenters. The molecule has 0 aliphatic rings. The Bertz CT molecular complexity index is 596. The lowest BCUT2D eigenvalue weighted by Crippen LogP contribution is -2.20. The van der Waals surface area contributed by atoms with E-state index in [2.05, 4.69) is 36.3 Å². The lowest BCUT2D eigenvalue weighted by atomic mass is 9.91. The lowest BCUT2D eigenvalue weighted by molar-refractivity contribution is -0.118. The van der Waals surface area contributed by atoms with Crippen molar-refractivity contribution in [3.63, 3.8) is 0 Å². The molecule has 0 fully saturated rings. The Morgan fingerprint density at radius 3 is 2.67 bits per heavy atom. The Kier molecular flexibility index (Phi) is 4.90. The molecule has 1 aromatic carbocycles. The summed E-state index contributed by atoms with van der Waals surface area (Å²) in [6, 6.07) is 9.22. The fraction of sp³-hybridized carbons (Fsp3) is 0.400. The number of anilines is 1. The Morgan fingerprint density at radius 1 is 1.29 bits per heavy atom. The monoisotopic (exact) mass is 305 g/mol. The van der Waals surface area contributed by atoms with Crippen LogP contribution in [0.4, 0.5) is 5.13 Å². The van der Waals surface area contributed by atoms with Gasteiger partial charge in [-0.25, -0.2) is 0 Å². The van der Waals surface area contributed by atoms with Crippen molar-refractivity contribution in [3.8, 4) is 5.75 Å². The van der Waals surface area contributed by atoms with Crippen molar-refractivity contribution in [2.24, 2.45) is 0 Å². The number of nitrogens with one attached hydrogen (secondary N) is 1. The molecule has 0 spiro atoms. The maximum absolute atomic E-state index is 11.8. The van der Waals surface area contributed by atoms with Gasteiger partial charge in [-0.3, -0.25) is 10.1 Å². The van der Waals surface area contributed by atoms with Crippen molar-refractivity contribution in [1.82, 2.24) is 10.2 Å². The molecule has 1 amide bonds. The van der Waals surface area contributed by atoms with Crippen LogP contribution in [0.25, 0.3) is 0 Å². The van der Waals surface area contributed by atoms with Crippen LogP contribution in [-0.2, 0) is 10.2 Å². The van der Waals surface area contributed by atoms with Gasteiger partial charge in [-0.15, -0.1) is 10.2 Å². The zero-order chi connectivity index (χ0) is 15.3. The Hall–Kier alpha value is -1.95. The highest BCUT2D eigenvalue weighted by atomic mass is 32.1. The lowest BCUT2D eigenvalue weighted by Gasteiger charge is -2.17. The normalized spacial score (nSPS) is 11.2. The second kappa shape index (κ2) is 6.67. The summed E-state index contributed by atoms with van der Waals surface area (Å²) in [6.07, 6.45) is 0.965. The van der Waals surface area contributed by atoms with Crippen LogP contribution in [0.3, 0.4) is 0 Å². The predicted octanol–water partition coefficient (Wildman–Crippen LogP) is 3.24. The number of carbonyl (C=O) groups excluding carboxylic acids is 1. The molecule has 0 radical (unpaired) electrons. The van der Waals surface area contributed by atoms with Crippen molar-refractivity contribution in [2.45, 2.75) is 32.6 Å². The third-order valence-corrected chi connectivity index (χ3v) is 4.45. The molecule has 1 heterocycles. The minimum absolute atomic E-state index is 0.0266. The summed E-state index contributed by atoms with van der Waals surface area (Å²) < 4.78 is 5.38. The number of para-hydroxylation sites is 1. The predicted molar refractivity (Wildman–Crippen MR) is 83.8 cm³/mol. The standard InChI is InChI=1S/C15H19N3O2S/c1-4-15(2,3)13-17-18-14(21-13)16-12(19)10-20-11-8-6-5-7-9-11/h5-9H,4,10H2,1-3H3,(H,16,18,19). The van der Waals surface area contributed by atoms with Crippen molar-refractivity contribution >= 4 is 22.4 Å². The maximum atomic E-state index is 11.8. The molecule has 0 bridgehead atoms. The average Bonchev–Trinajstić information content (AvgIpc) is 2.95. The number of aromatic nitrogens is 2. The number of rotatable bonds is 6. The van der Waals surface area contributed by atoms with Crippen LogP contribution in [0.1, 0.15) is 32.2 Å². The van der Waals surface area contributed by atoms with Crippen LogP contribution in [-0.4, -0.2) is 22.7 Å². The van der Waals surface area contributed by atoms with Crippen molar-refractivity contribution in [2.75, 3.05) is 11.9 Å². The van der Waals surface area contributed by atoms with Gasteiger partial charge in [0.25, 0.3) is 5.91 Å². The van der Waals surface area contributed by atoms with E-state index in [4.69, 9.17) is 4.74 Å². The van der Waals surface area contributed by atoms with Crippen LogP contribution in [0.2, 0.25) is 0 Å². The van der Waals surface area contributed by atoms with E-state index in [0.717, 1.165) is 11.4 Å². The maximum Gasteiger partial charge on any atom is 0.264 e. The third kappa shape index (κ3) is 4.26. The first-order valence-electron chi connectivity index (χ1n) is 6.83. The molecule has 0 aliphatic carbocycles. The van der Waals surface area contributed by atoms with Crippen molar-refractivity contribution < 1.29 is 9.53 Å².